The van der Waals surface area contributed by atoms with Crippen LogP contribution in [0.3, 0.4) is 0 Å². The molecule has 0 saturated heterocycles. The predicted octanol–water partition coefficient (Wildman–Crippen LogP) is 2.66. The number of aliphatic hydroxyl groups is 1. The number of nitrogens with zero attached hydrogens (tertiary/aromatic N) is 1. The van der Waals surface area contributed by atoms with Gasteiger partial charge in [-0.15, -0.1) is 0 Å². The van der Waals surface area contributed by atoms with Crippen molar-refractivity contribution in [3.8, 4) is 6.07 Å². The van der Waals surface area contributed by atoms with E-state index in [1.807, 2.05) is 66.7 Å². The van der Waals surface area contributed by atoms with Crippen LogP contribution in [0, 0.1) is 11.3 Å². The zero-order valence-electron chi connectivity index (χ0n) is 14.9. The van der Waals surface area contributed by atoms with Crippen molar-refractivity contribution < 1.29 is 9.90 Å². The minimum Gasteiger partial charge on any atom is -0.394 e. The molecule has 0 aliphatic heterocycles. The third-order valence-electron chi connectivity index (χ3n) is 3.91. The molecule has 0 aliphatic rings. The largest absolute Gasteiger partial charge is 0.394 e. The van der Waals surface area contributed by atoms with E-state index < -0.39 is 11.4 Å². The lowest BCUT2D eigenvalue weighted by atomic mass is 9.98. The highest BCUT2D eigenvalue weighted by molar-refractivity contribution is 5.97. The van der Waals surface area contributed by atoms with Gasteiger partial charge in [-0.05, 0) is 25.0 Å². The maximum Gasteiger partial charge on any atom is 0.264 e. The maximum absolute atomic E-state index is 12.6. The fourth-order valence-electron chi connectivity index (χ4n) is 2.32. The molecule has 3 N–H and O–H groups in total. The van der Waals surface area contributed by atoms with Gasteiger partial charge >= 0.3 is 0 Å². The summed E-state index contributed by atoms with van der Waals surface area (Å²) in [6, 6.07) is 20.7. The van der Waals surface area contributed by atoms with Crippen LogP contribution in [0.4, 0.5) is 0 Å². The summed E-state index contributed by atoms with van der Waals surface area (Å²) >= 11 is 0. The average Bonchev–Trinajstić information content (AvgIpc) is 2.68. The number of hydrogen-bond acceptors (Lipinski definition) is 4. The Balaban J connectivity index is 2.26. The topological polar surface area (TPSA) is 85.2 Å². The van der Waals surface area contributed by atoms with E-state index in [0.29, 0.717) is 0 Å². The molecular weight excluding hydrogens is 326 g/mol. The van der Waals surface area contributed by atoms with Crippen LogP contribution >= 0.6 is 0 Å². The molecule has 0 aliphatic carbocycles. The molecule has 0 heterocycles. The van der Waals surface area contributed by atoms with E-state index in [9.17, 15) is 15.2 Å². The van der Waals surface area contributed by atoms with Crippen LogP contribution in [0.5, 0.6) is 0 Å². The normalized spacial score (nSPS) is 11.7. The summed E-state index contributed by atoms with van der Waals surface area (Å²) in [4.78, 5) is 12.6. The van der Waals surface area contributed by atoms with Crippen molar-refractivity contribution in [1.29, 1.82) is 5.26 Å². The molecule has 0 unspecified atom stereocenters. The smallest absolute Gasteiger partial charge is 0.264 e. The minimum atomic E-state index is -0.624. The molecule has 26 heavy (non-hydrogen) atoms. The van der Waals surface area contributed by atoms with E-state index in [0.717, 1.165) is 11.1 Å². The molecule has 134 valence electrons. The lowest BCUT2D eigenvalue weighted by molar-refractivity contribution is -0.117. The zero-order chi connectivity index (χ0) is 19.0. The van der Waals surface area contributed by atoms with E-state index in [1.165, 1.54) is 6.20 Å². The highest BCUT2D eigenvalue weighted by Crippen LogP contribution is 2.22. The Morgan fingerprint density at radius 1 is 1.12 bits per heavy atom. The van der Waals surface area contributed by atoms with Crippen molar-refractivity contribution in [1.82, 2.24) is 10.6 Å². The van der Waals surface area contributed by atoms with Crippen molar-refractivity contribution in [2.45, 2.75) is 25.4 Å². The van der Waals surface area contributed by atoms with Gasteiger partial charge in [0.15, 0.2) is 0 Å². The van der Waals surface area contributed by atoms with Crippen LogP contribution in [0.1, 0.15) is 31.0 Å². The fraction of sp³-hybridized carbons (Fsp3) is 0.238. The van der Waals surface area contributed by atoms with Gasteiger partial charge in [-0.1, -0.05) is 60.7 Å². The maximum atomic E-state index is 12.6. The molecule has 2 aromatic carbocycles. The lowest BCUT2D eigenvalue weighted by Crippen LogP contribution is -2.40. The lowest BCUT2D eigenvalue weighted by Gasteiger charge is -2.23. The first kappa shape index (κ1) is 19.2. The van der Waals surface area contributed by atoms with Crippen molar-refractivity contribution in [2.75, 3.05) is 6.61 Å². The molecule has 0 aromatic heterocycles. The van der Waals surface area contributed by atoms with Gasteiger partial charge in [-0.3, -0.25) is 4.79 Å². The molecule has 2 aromatic rings. The van der Waals surface area contributed by atoms with Crippen molar-refractivity contribution in [2.24, 2.45) is 0 Å². The number of rotatable bonds is 7. The van der Waals surface area contributed by atoms with Gasteiger partial charge in [0.25, 0.3) is 5.91 Å². The first-order valence-corrected chi connectivity index (χ1v) is 8.36. The Morgan fingerprint density at radius 2 is 1.62 bits per heavy atom. The summed E-state index contributed by atoms with van der Waals surface area (Å²) in [5, 5.41) is 24.4. The first-order chi connectivity index (χ1) is 12.5. The number of carbonyl (C=O) groups excluding carboxylic acids is 1. The summed E-state index contributed by atoms with van der Waals surface area (Å²) in [6.07, 6.45) is 1.35. The van der Waals surface area contributed by atoms with Crippen LogP contribution in [0.25, 0.3) is 0 Å². The third kappa shape index (κ3) is 5.20. The molecule has 1 amide bonds. The summed E-state index contributed by atoms with van der Waals surface area (Å²) in [6.45, 7) is 3.42. The van der Waals surface area contributed by atoms with Gasteiger partial charge in [-0.2, -0.15) is 5.26 Å². The van der Waals surface area contributed by atoms with Crippen LogP contribution in [0.15, 0.2) is 72.4 Å². The zero-order valence-corrected chi connectivity index (χ0v) is 14.9. The predicted molar refractivity (Wildman–Crippen MR) is 101 cm³/mol. The Bertz CT molecular complexity index is 754. The van der Waals surface area contributed by atoms with Gasteiger partial charge in [0.1, 0.15) is 11.6 Å². The molecule has 2 rings (SSSR count). The molecule has 0 spiro atoms. The number of hydrogen-bond donors (Lipinski definition) is 3. The van der Waals surface area contributed by atoms with Gasteiger partial charge in [0.2, 0.25) is 0 Å². The number of aliphatic hydroxyl groups excluding tert-OH is 1. The van der Waals surface area contributed by atoms with Gasteiger partial charge in [0.05, 0.1) is 18.2 Å². The molecule has 0 atom stereocenters. The highest BCUT2D eigenvalue weighted by Gasteiger charge is 2.20. The van der Waals surface area contributed by atoms with E-state index in [-0.39, 0.29) is 18.2 Å². The summed E-state index contributed by atoms with van der Waals surface area (Å²) < 4.78 is 0. The standard InChI is InChI=1S/C21H23N3O2/c1-21(2,15-25)23-14-18(13-22)20(26)24-19(16-9-5-3-6-10-16)17-11-7-4-8-12-17/h3-12,14,19,23,25H,15H2,1-2H3,(H,24,26)/b18-14-. The Labute approximate surface area is 154 Å². The Kier molecular flexibility index (Phi) is 6.54. The highest BCUT2D eigenvalue weighted by atomic mass is 16.3. The molecular formula is C21H23N3O2. The van der Waals surface area contributed by atoms with E-state index in [2.05, 4.69) is 10.6 Å². The molecule has 0 fully saturated rings. The summed E-state index contributed by atoms with van der Waals surface area (Å²) in [7, 11) is 0. The van der Waals surface area contributed by atoms with Crippen molar-refractivity contribution in [3.05, 3.63) is 83.6 Å². The number of nitriles is 1. The number of amides is 1. The van der Waals surface area contributed by atoms with Gasteiger partial charge in [0, 0.05) is 6.20 Å². The molecule has 0 radical (unpaired) electrons. The first-order valence-electron chi connectivity index (χ1n) is 8.36. The number of benzene rings is 2. The van der Waals surface area contributed by atoms with E-state index in [1.54, 1.807) is 13.8 Å². The molecule has 0 saturated carbocycles. The summed E-state index contributed by atoms with van der Waals surface area (Å²) in [5.41, 5.74) is 1.17. The minimum absolute atomic E-state index is 0.0524. The second-order valence-electron chi connectivity index (χ2n) is 6.58. The third-order valence-corrected chi connectivity index (χ3v) is 3.91. The molecule has 0 bridgehead atoms. The second-order valence-corrected chi connectivity index (χ2v) is 6.58. The Morgan fingerprint density at radius 3 is 2.04 bits per heavy atom. The monoisotopic (exact) mass is 349 g/mol. The van der Waals surface area contributed by atoms with Crippen LogP contribution in [-0.2, 0) is 4.79 Å². The fourth-order valence-corrected chi connectivity index (χ4v) is 2.32. The Hall–Kier alpha value is -3.10. The molecule has 5 heteroatoms. The quantitative estimate of drug-likeness (QED) is 0.530. The number of nitrogens with one attached hydrogen (secondary N) is 2. The van der Waals surface area contributed by atoms with Crippen LogP contribution in [-0.4, -0.2) is 23.2 Å². The van der Waals surface area contributed by atoms with E-state index >= 15 is 0 Å². The van der Waals surface area contributed by atoms with Gasteiger partial charge < -0.3 is 15.7 Å². The van der Waals surface area contributed by atoms with Crippen LogP contribution < -0.4 is 10.6 Å². The molecule has 5 nitrogen and oxygen atoms in total. The average molecular weight is 349 g/mol. The number of carbonyl (C=O) groups is 1. The van der Waals surface area contributed by atoms with Crippen LogP contribution in [0.2, 0.25) is 0 Å². The van der Waals surface area contributed by atoms with Crippen molar-refractivity contribution in [3.63, 3.8) is 0 Å². The van der Waals surface area contributed by atoms with Crippen molar-refractivity contribution >= 4 is 5.91 Å². The second kappa shape index (κ2) is 8.84. The van der Waals surface area contributed by atoms with Gasteiger partial charge in [-0.25, -0.2) is 0 Å². The van der Waals surface area contributed by atoms with E-state index in [4.69, 9.17) is 0 Å². The SMILES string of the molecule is CC(C)(CO)N/C=C(/C#N)C(=O)NC(c1ccccc1)c1ccccc1. The summed E-state index contributed by atoms with van der Waals surface area (Å²) in [5.74, 6) is -0.480.